The lowest BCUT2D eigenvalue weighted by Gasteiger charge is -2.43. The van der Waals surface area contributed by atoms with E-state index < -0.39 is 5.41 Å². The molecule has 2 aromatic rings. The van der Waals surface area contributed by atoms with E-state index >= 15 is 0 Å². The number of carbonyl (C=O) groups excluding carboxylic acids is 2. The molecule has 2 saturated heterocycles. The van der Waals surface area contributed by atoms with Crippen LogP contribution in [0.4, 0.5) is 4.39 Å². The lowest BCUT2D eigenvalue weighted by Crippen LogP contribution is -2.52. The molecule has 0 aliphatic carbocycles. The Morgan fingerprint density at radius 2 is 1.81 bits per heavy atom. The monoisotopic (exact) mass is 437 g/mol. The van der Waals surface area contributed by atoms with Crippen molar-refractivity contribution in [3.63, 3.8) is 0 Å². The topological polar surface area (TPSA) is 53.5 Å². The molecule has 0 bridgehead atoms. The number of pyridine rings is 1. The third-order valence-corrected chi connectivity index (χ3v) is 7.07. The summed E-state index contributed by atoms with van der Waals surface area (Å²) in [4.78, 5) is 34.4. The lowest BCUT2D eigenvalue weighted by molar-refractivity contribution is -0.148. The van der Waals surface area contributed by atoms with Crippen molar-refractivity contribution >= 4 is 11.8 Å². The predicted octanol–water partition coefficient (Wildman–Crippen LogP) is 3.87. The van der Waals surface area contributed by atoms with Crippen molar-refractivity contribution < 1.29 is 14.0 Å². The third-order valence-electron chi connectivity index (χ3n) is 7.07. The maximum Gasteiger partial charge on any atom is 0.228 e. The van der Waals surface area contributed by atoms with E-state index in [4.69, 9.17) is 0 Å². The second-order valence-electron chi connectivity index (χ2n) is 9.49. The van der Waals surface area contributed by atoms with E-state index in [2.05, 4.69) is 11.1 Å². The summed E-state index contributed by atoms with van der Waals surface area (Å²) in [6.07, 6.45) is 6.23. The van der Waals surface area contributed by atoms with Crippen molar-refractivity contribution in [1.82, 2.24) is 14.8 Å². The quantitative estimate of drug-likeness (QED) is 0.714. The first kappa shape index (κ1) is 22.4. The van der Waals surface area contributed by atoms with Crippen LogP contribution in [0.1, 0.15) is 43.9 Å². The fourth-order valence-corrected chi connectivity index (χ4v) is 4.99. The van der Waals surface area contributed by atoms with Gasteiger partial charge in [0.15, 0.2) is 0 Å². The Hall–Kier alpha value is -2.76. The Morgan fingerprint density at radius 1 is 1.06 bits per heavy atom. The maximum atomic E-state index is 13.9. The standard InChI is InChI=1S/C26H32FN3O2/c1-26(11-15-29(16-12-26)24(31)18-21-8-2-3-10-23(21)27)25(32)30-14-6-7-20(19-30)17-22-9-4-5-13-28-22/h2-5,8-10,13,20H,6-7,11-12,14-19H2,1H3. The molecule has 2 aliphatic rings. The summed E-state index contributed by atoms with van der Waals surface area (Å²) in [7, 11) is 0. The number of piperidine rings is 2. The first-order valence-corrected chi connectivity index (χ1v) is 11.6. The van der Waals surface area contributed by atoms with Gasteiger partial charge in [-0.1, -0.05) is 31.2 Å². The van der Waals surface area contributed by atoms with Gasteiger partial charge in [0, 0.05) is 43.5 Å². The van der Waals surface area contributed by atoms with Gasteiger partial charge in [0.25, 0.3) is 0 Å². The van der Waals surface area contributed by atoms with Crippen LogP contribution in [0.5, 0.6) is 0 Å². The second kappa shape index (κ2) is 9.80. The second-order valence-corrected chi connectivity index (χ2v) is 9.49. The van der Waals surface area contributed by atoms with Crippen LogP contribution >= 0.6 is 0 Å². The average molecular weight is 438 g/mol. The molecule has 170 valence electrons. The number of hydrogen-bond acceptors (Lipinski definition) is 3. The summed E-state index contributed by atoms with van der Waals surface area (Å²) < 4.78 is 13.9. The Balaban J connectivity index is 1.31. The van der Waals surface area contributed by atoms with Crippen LogP contribution < -0.4 is 0 Å². The van der Waals surface area contributed by atoms with Crippen molar-refractivity contribution in [2.24, 2.45) is 11.3 Å². The minimum atomic E-state index is -0.443. The van der Waals surface area contributed by atoms with Gasteiger partial charge in [-0.25, -0.2) is 4.39 Å². The Morgan fingerprint density at radius 3 is 2.53 bits per heavy atom. The Bertz CT molecular complexity index is 941. The molecule has 2 amide bonds. The molecule has 0 saturated carbocycles. The number of likely N-dealkylation sites (tertiary alicyclic amines) is 2. The smallest absolute Gasteiger partial charge is 0.228 e. The maximum absolute atomic E-state index is 13.9. The molecular weight excluding hydrogens is 405 g/mol. The largest absolute Gasteiger partial charge is 0.342 e. The van der Waals surface area contributed by atoms with Crippen LogP contribution in [0, 0.1) is 17.2 Å². The number of benzene rings is 1. The van der Waals surface area contributed by atoms with Crippen molar-refractivity contribution in [3.8, 4) is 0 Å². The van der Waals surface area contributed by atoms with Crippen LogP contribution in [-0.2, 0) is 22.4 Å². The minimum Gasteiger partial charge on any atom is -0.342 e. The van der Waals surface area contributed by atoms with Crippen molar-refractivity contribution in [3.05, 3.63) is 65.7 Å². The molecule has 1 aromatic heterocycles. The van der Waals surface area contributed by atoms with Crippen LogP contribution in [0.3, 0.4) is 0 Å². The van der Waals surface area contributed by atoms with E-state index in [1.54, 1.807) is 23.1 Å². The van der Waals surface area contributed by atoms with Gasteiger partial charge in [-0.05, 0) is 61.8 Å². The zero-order valence-electron chi connectivity index (χ0n) is 18.8. The zero-order valence-corrected chi connectivity index (χ0v) is 18.8. The van der Waals surface area contributed by atoms with Gasteiger partial charge >= 0.3 is 0 Å². The third kappa shape index (κ3) is 5.17. The number of amides is 2. The SMILES string of the molecule is CC1(C(=O)N2CCCC(Cc3ccccn3)C2)CCN(C(=O)Cc2ccccc2F)CC1. The summed E-state index contributed by atoms with van der Waals surface area (Å²) in [6, 6.07) is 12.4. The van der Waals surface area contributed by atoms with E-state index in [0.717, 1.165) is 38.0 Å². The number of carbonyl (C=O) groups is 2. The average Bonchev–Trinajstić information content (AvgIpc) is 2.81. The molecule has 1 atom stereocenters. The number of aromatic nitrogens is 1. The first-order valence-electron chi connectivity index (χ1n) is 11.6. The van der Waals surface area contributed by atoms with E-state index in [1.165, 1.54) is 6.07 Å². The molecular formula is C26H32FN3O2. The molecule has 3 heterocycles. The highest BCUT2D eigenvalue weighted by molar-refractivity contribution is 5.83. The van der Waals surface area contributed by atoms with E-state index in [9.17, 15) is 14.0 Å². The lowest BCUT2D eigenvalue weighted by atomic mass is 9.78. The molecule has 1 aromatic carbocycles. The molecule has 6 heteroatoms. The highest BCUT2D eigenvalue weighted by atomic mass is 19.1. The highest BCUT2D eigenvalue weighted by Gasteiger charge is 2.41. The van der Waals surface area contributed by atoms with Gasteiger partial charge in [-0.2, -0.15) is 0 Å². The summed E-state index contributed by atoms with van der Waals surface area (Å²) in [6.45, 7) is 4.71. The fraction of sp³-hybridized carbons (Fsp3) is 0.500. The predicted molar refractivity (Wildman–Crippen MR) is 121 cm³/mol. The Kier molecular flexibility index (Phi) is 6.87. The number of hydrogen-bond donors (Lipinski definition) is 0. The van der Waals surface area contributed by atoms with Crippen molar-refractivity contribution in [2.45, 2.75) is 45.4 Å². The van der Waals surface area contributed by atoms with E-state index in [0.29, 0.717) is 37.4 Å². The van der Waals surface area contributed by atoms with Gasteiger partial charge in [0.05, 0.1) is 6.42 Å². The minimum absolute atomic E-state index is 0.0681. The van der Waals surface area contributed by atoms with Crippen LogP contribution in [0.2, 0.25) is 0 Å². The molecule has 5 nitrogen and oxygen atoms in total. The zero-order chi connectivity index (χ0) is 22.6. The van der Waals surface area contributed by atoms with Gasteiger partial charge in [0.1, 0.15) is 5.82 Å². The van der Waals surface area contributed by atoms with E-state index in [1.807, 2.05) is 30.2 Å². The molecule has 2 fully saturated rings. The van der Waals surface area contributed by atoms with Crippen molar-refractivity contribution in [1.29, 1.82) is 0 Å². The van der Waals surface area contributed by atoms with Crippen LogP contribution in [-0.4, -0.2) is 52.8 Å². The van der Waals surface area contributed by atoms with Crippen molar-refractivity contribution in [2.75, 3.05) is 26.2 Å². The van der Waals surface area contributed by atoms with Gasteiger partial charge < -0.3 is 9.80 Å². The normalized spacial score (nSPS) is 20.8. The van der Waals surface area contributed by atoms with E-state index in [-0.39, 0.29) is 24.1 Å². The fourth-order valence-electron chi connectivity index (χ4n) is 4.99. The number of rotatable bonds is 5. The molecule has 4 rings (SSSR count). The number of nitrogens with zero attached hydrogens (tertiary/aromatic N) is 3. The molecule has 0 radical (unpaired) electrons. The summed E-state index contributed by atoms with van der Waals surface area (Å²) >= 11 is 0. The van der Waals surface area contributed by atoms with Crippen LogP contribution in [0.25, 0.3) is 0 Å². The highest BCUT2D eigenvalue weighted by Crippen LogP contribution is 2.35. The Labute approximate surface area is 189 Å². The summed E-state index contributed by atoms with van der Waals surface area (Å²) in [5.74, 6) is 0.235. The van der Waals surface area contributed by atoms with Crippen LogP contribution in [0.15, 0.2) is 48.7 Å². The van der Waals surface area contributed by atoms with Gasteiger partial charge in [-0.15, -0.1) is 0 Å². The number of halogens is 1. The van der Waals surface area contributed by atoms with Gasteiger partial charge in [-0.3, -0.25) is 14.6 Å². The molecule has 32 heavy (non-hydrogen) atoms. The molecule has 1 unspecified atom stereocenters. The molecule has 0 N–H and O–H groups in total. The molecule has 0 spiro atoms. The first-order chi connectivity index (χ1) is 15.4. The summed E-state index contributed by atoms with van der Waals surface area (Å²) in [5, 5.41) is 0. The molecule has 2 aliphatic heterocycles. The van der Waals surface area contributed by atoms with Gasteiger partial charge in [0.2, 0.25) is 11.8 Å². The summed E-state index contributed by atoms with van der Waals surface area (Å²) in [5.41, 5.74) is 1.07.